The number of hydrogen-bond acceptors (Lipinski definition) is 8. The Morgan fingerprint density at radius 3 is 2.74 bits per heavy atom. The molecule has 0 bridgehead atoms. The van der Waals surface area contributed by atoms with Gasteiger partial charge in [0, 0.05) is 16.3 Å². The van der Waals surface area contributed by atoms with Crippen molar-refractivity contribution in [2.24, 2.45) is 0 Å². The first-order chi connectivity index (χ1) is 19.0. The van der Waals surface area contributed by atoms with Gasteiger partial charge in [-0.05, 0) is 49.8 Å². The van der Waals surface area contributed by atoms with Crippen molar-refractivity contribution in [1.29, 1.82) is 0 Å². The first-order valence-electron chi connectivity index (χ1n) is 12.9. The van der Waals surface area contributed by atoms with Gasteiger partial charge in [-0.25, -0.2) is 9.78 Å². The lowest BCUT2D eigenvalue weighted by Crippen LogP contribution is -2.23. The molecule has 0 unspecified atom stereocenters. The van der Waals surface area contributed by atoms with Crippen molar-refractivity contribution in [2.75, 3.05) is 17.7 Å². The Labute approximate surface area is 238 Å². The van der Waals surface area contributed by atoms with E-state index in [1.807, 2.05) is 36.4 Å². The Kier molecular flexibility index (Phi) is 8.64. The highest BCUT2D eigenvalue weighted by Gasteiger charge is 2.27. The maximum atomic E-state index is 13.4. The minimum atomic E-state index is -0.390. The summed E-state index contributed by atoms with van der Waals surface area (Å²) in [6.07, 6.45) is 6.58. The van der Waals surface area contributed by atoms with Crippen molar-refractivity contribution in [1.82, 2.24) is 9.55 Å². The Morgan fingerprint density at radius 1 is 1.18 bits per heavy atom. The lowest BCUT2D eigenvalue weighted by atomic mass is 10.1. The lowest BCUT2D eigenvalue weighted by Gasteiger charge is -2.11. The second-order valence-electron chi connectivity index (χ2n) is 9.12. The molecule has 5 rings (SSSR count). The number of benzene rings is 1. The van der Waals surface area contributed by atoms with Gasteiger partial charge in [-0.2, -0.15) is 0 Å². The van der Waals surface area contributed by atoms with Crippen LogP contribution in [0.2, 0.25) is 0 Å². The highest BCUT2D eigenvalue weighted by molar-refractivity contribution is 7.99. The minimum Gasteiger partial charge on any atom is -0.462 e. The fourth-order valence-corrected chi connectivity index (χ4v) is 7.87. The van der Waals surface area contributed by atoms with Gasteiger partial charge in [-0.1, -0.05) is 54.6 Å². The van der Waals surface area contributed by atoms with Gasteiger partial charge in [-0.3, -0.25) is 14.2 Å². The highest BCUT2D eigenvalue weighted by atomic mass is 32.2. The van der Waals surface area contributed by atoms with E-state index in [-0.39, 0.29) is 30.4 Å². The minimum absolute atomic E-state index is 0.0385. The van der Waals surface area contributed by atoms with Crippen molar-refractivity contribution in [3.05, 3.63) is 75.4 Å². The van der Waals surface area contributed by atoms with E-state index < -0.39 is 5.97 Å². The van der Waals surface area contributed by atoms with Gasteiger partial charge in [0.1, 0.15) is 9.83 Å². The van der Waals surface area contributed by atoms with Gasteiger partial charge in [0.25, 0.3) is 5.56 Å². The number of esters is 1. The number of aromatic nitrogens is 2. The summed E-state index contributed by atoms with van der Waals surface area (Å²) in [5.41, 5.74) is 2.37. The summed E-state index contributed by atoms with van der Waals surface area (Å²) in [6.45, 7) is 6.12. The molecular weight excluding hydrogens is 551 g/mol. The Hall–Kier alpha value is -3.21. The molecule has 1 aromatic carbocycles. The van der Waals surface area contributed by atoms with Gasteiger partial charge in [0.15, 0.2) is 5.16 Å². The molecule has 1 amide bonds. The normalized spacial score (nSPS) is 13.1. The van der Waals surface area contributed by atoms with Crippen LogP contribution < -0.4 is 10.9 Å². The van der Waals surface area contributed by atoms with Crippen molar-refractivity contribution in [3.8, 4) is 10.4 Å². The van der Waals surface area contributed by atoms with Crippen molar-refractivity contribution in [3.63, 3.8) is 0 Å². The van der Waals surface area contributed by atoms with E-state index >= 15 is 0 Å². The van der Waals surface area contributed by atoms with Crippen LogP contribution in [0.15, 0.2) is 59.0 Å². The molecule has 1 aliphatic carbocycles. The fourth-order valence-electron chi connectivity index (χ4n) is 4.68. The van der Waals surface area contributed by atoms with Crippen LogP contribution in [0.1, 0.15) is 47.0 Å². The quantitative estimate of drug-likeness (QED) is 0.0795. The van der Waals surface area contributed by atoms with E-state index in [2.05, 4.69) is 11.9 Å². The smallest absolute Gasteiger partial charge is 0.341 e. The number of thioether (sulfide) groups is 1. The van der Waals surface area contributed by atoms with Crippen molar-refractivity contribution in [2.45, 2.75) is 50.7 Å². The van der Waals surface area contributed by atoms with E-state index in [0.29, 0.717) is 25.9 Å². The fraction of sp³-hybridized carbons (Fsp3) is 0.310. The molecule has 10 heteroatoms. The molecule has 0 atom stereocenters. The van der Waals surface area contributed by atoms with Crippen LogP contribution in [0, 0.1) is 0 Å². The van der Waals surface area contributed by atoms with Crippen LogP contribution in [0.4, 0.5) is 5.00 Å². The van der Waals surface area contributed by atoms with Crippen molar-refractivity contribution < 1.29 is 14.3 Å². The topological polar surface area (TPSA) is 90.3 Å². The summed E-state index contributed by atoms with van der Waals surface area (Å²) in [5.74, 6) is -0.618. The number of aryl methyl sites for hydroxylation is 1. The third-order valence-electron chi connectivity index (χ3n) is 6.47. The SMILES string of the molecule is C=CCn1c(SCC(=O)Nc2sc3c(c2C(=O)OCC)CCCCC3)nc2sc(-c3ccccc3)cc2c1=O. The molecule has 3 heterocycles. The first kappa shape index (κ1) is 27.4. The predicted octanol–water partition coefficient (Wildman–Crippen LogP) is 6.55. The number of carbonyl (C=O) groups excluding carboxylic acids is 2. The molecule has 0 aliphatic heterocycles. The van der Waals surface area contributed by atoms with Gasteiger partial charge in [0.2, 0.25) is 5.91 Å². The zero-order chi connectivity index (χ0) is 27.4. The molecule has 202 valence electrons. The van der Waals surface area contributed by atoms with Gasteiger partial charge < -0.3 is 10.1 Å². The van der Waals surface area contributed by atoms with E-state index in [1.54, 1.807) is 17.6 Å². The number of rotatable bonds is 9. The number of amides is 1. The number of nitrogens with zero attached hydrogens (tertiary/aromatic N) is 2. The molecule has 0 radical (unpaired) electrons. The molecule has 7 nitrogen and oxygen atoms in total. The van der Waals surface area contributed by atoms with Gasteiger partial charge in [0.05, 0.1) is 23.3 Å². The summed E-state index contributed by atoms with van der Waals surface area (Å²) in [4.78, 5) is 46.8. The van der Waals surface area contributed by atoms with Crippen molar-refractivity contribution >= 4 is 61.5 Å². The number of thiophene rings is 2. The van der Waals surface area contributed by atoms with E-state index in [9.17, 15) is 14.4 Å². The number of carbonyl (C=O) groups is 2. The monoisotopic (exact) mass is 579 g/mol. The average molecular weight is 580 g/mol. The molecule has 1 N–H and O–H groups in total. The number of fused-ring (bicyclic) bond motifs is 2. The highest BCUT2D eigenvalue weighted by Crippen LogP contribution is 2.38. The Bertz CT molecular complexity index is 1590. The summed E-state index contributed by atoms with van der Waals surface area (Å²) >= 11 is 4.12. The number of hydrogen-bond donors (Lipinski definition) is 1. The lowest BCUT2D eigenvalue weighted by molar-refractivity contribution is -0.113. The number of nitrogens with one attached hydrogen (secondary N) is 1. The van der Waals surface area contributed by atoms with Crippen LogP contribution in [0.5, 0.6) is 0 Å². The predicted molar refractivity (Wildman–Crippen MR) is 160 cm³/mol. The third-order valence-corrected chi connectivity index (χ3v) is 9.73. The summed E-state index contributed by atoms with van der Waals surface area (Å²) in [6, 6.07) is 11.8. The van der Waals surface area contributed by atoms with Gasteiger partial charge in [-0.15, -0.1) is 29.3 Å². The number of allylic oxidation sites excluding steroid dienone is 1. The maximum absolute atomic E-state index is 13.4. The third kappa shape index (κ3) is 5.88. The molecule has 0 spiro atoms. The Morgan fingerprint density at radius 2 is 1.97 bits per heavy atom. The molecule has 4 aromatic rings. The summed E-state index contributed by atoms with van der Waals surface area (Å²) in [5, 5.41) is 4.50. The van der Waals surface area contributed by atoms with E-state index in [0.717, 1.165) is 53.0 Å². The molecule has 1 aliphatic rings. The zero-order valence-electron chi connectivity index (χ0n) is 21.7. The number of anilines is 1. The molecule has 3 aromatic heterocycles. The van der Waals surface area contributed by atoms with Crippen LogP contribution in [0.3, 0.4) is 0 Å². The number of ether oxygens (including phenoxy) is 1. The molecule has 0 fully saturated rings. The molecule has 0 saturated heterocycles. The summed E-state index contributed by atoms with van der Waals surface area (Å²) < 4.78 is 6.88. The van der Waals surface area contributed by atoms with Crippen LogP contribution in [-0.4, -0.2) is 33.8 Å². The standard InChI is InChI=1S/C29H29N3O4S3/c1-3-15-32-27(34)20-16-22(18-11-7-5-8-12-18)39-25(20)31-29(32)37-17-23(33)30-26-24(28(35)36-4-2)19-13-9-6-10-14-21(19)38-26/h3,5,7-8,11-12,16H,1,4,6,9-10,13-15,17H2,2H3,(H,30,33). The van der Waals surface area contributed by atoms with Crippen LogP contribution >= 0.6 is 34.4 Å². The van der Waals surface area contributed by atoms with Crippen LogP contribution in [0.25, 0.3) is 20.7 Å². The maximum Gasteiger partial charge on any atom is 0.341 e. The molecule has 0 saturated carbocycles. The zero-order valence-corrected chi connectivity index (χ0v) is 24.1. The first-order valence-corrected chi connectivity index (χ1v) is 15.6. The Balaban J connectivity index is 1.39. The van der Waals surface area contributed by atoms with E-state index in [4.69, 9.17) is 9.72 Å². The second kappa shape index (κ2) is 12.3. The average Bonchev–Trinajstić information content (AvgIpc) is 3.44. The van der Waals surface area contributed by atoms with E-state index in [1.165, 1.54) is 34.4 Å². The van der Waals surface area contributed by atoms with Crippen LogP contribution in [-0.2, 0) is 28.9 Å². The largest absolute Gasteiger partial charge is 0.462 e. The molecular formula is C29H29N3O4S3. The molecule has 39 heavy (non-hydrogen) atoms. The second-order valence-corrected chi connectivity index (χ2v) is 12.2. The van der Waals surface area contributed by atoms with Gasteiger partial charge >= 0.3 is 5.97 Å². The summed E-state index contributed by atoms with van der Waals surface area (Å²) in [7, 11) is 0.